The van der Waals surface area contributed by atoms with Gasteiger partial charge in [-0.05, 0) is 36.6 Å². The van der Waals surface area contributed by atoms with Crippen molar-refractivity contribution in [2.45, 2.75) is 26.1 Å². The number of halogens is 4. The number of benzene rings is 1. The van der Waals surface area contributed by atoms with E-state index in [1.807, 2.05) is 0 Å². The van der Waals surface area contributed by atoms with E-state index >= 15 is 0 Å². The van der Waals surface area contributed by atoms with Crippen LogP contribution in [0.4, 0.5) is 13.2 Å². The molecule has 0 spiro atoms. The first-order chi connectivity index (χ1) is 8.82. The van der Waals surface area contributed by atoms with Crippen LogP contribution in [0.3, 0.4) is 0 Å². The number of nitrogens with two attached hydrogens (primary N) is 1. The molecule has 20 heavy (non-hydrogen) atoms. The van der Waals surface area contributed by atoms with Crippen molar-refractivity contribution in [3.63, 3.8) is 0 Å². The van der Waals surface area contributed by atoms with Crippen LogP contribution in [0.1, 0.15) is 24.5 Å². The van der Waals surface area contributed by atoms with Gasteiger partial charge in [0.2, 0.25) is 0 Å². The summed E-state index contributed by atoms with van der Waals surface area (Å²) in [6.45, 7) is 5.04. The van der Waals surface area contributed by atoms with Crippen molar-refractivity contribution in [3.8, 4) is 0 Å². The Kier molecular flexibility index (Phi) is 5.46. The Morgan fingerprint density at radius 3 is 2.60 bits per heavy atom. The van der Waals surface area contributed by atoms with Crippen molar-refractivity contribution in [1.82, 2.24) is 4.90 Å². The molecule has 114 valence electrons. The predicted molar refractivity (Wildman–Crippen MR) is 75.7 cm³/mol. The van der Waals surface area contributed by atoms with Crippen molar-refractivity contribution in [1.29, 1.82) is 0 Å². The topological polar surface area (TPSA) is 29.3 Å². The Labute approximate surface area is 123 Å². The third-order valence-electron chi connectivity index (χ3n) is 3.79. The molecule has 1 heterocycles. The van der Waals surface area contributed by atoms with E-state index in [1.54, 1.807) is 6.07 Å². The molecule has 2 nitrogen and oxygen atoms in total. The van der Waals surface area contributed by atoms with Crippen molar-refractivity contribution < 1.29 is 13.2 Å². The highest BCUT2D eigenvalue weighted by Crippen LogP contribution is 2.32. The molecule has 1 atom stereocenters. The van der Waals surface area contributed by atoms with Crippen LogP contribution in [-0.4, -0.2) is 24.5 Å². The van der Waals surface area contributed by atoms with E-state index in [-0.39, 0.29) is 17.8 Å². The van der Waals surface area contributed by atoms with E-state index in [9.17, 15) is 13.2 Å². The normalized spacial score (nSPS) is 23.6. The standard InChI is InChI=1S/C14H19F3N2.ClH/c1-13(9-18)5-6-19(10-13)8-11-3-2-4-12(7-11)14(15,16)17;/h2-4,7H,5-6,8-10,18H2,1H3;1H. The maximum Gasteiger partial charge on any atom is 0.416 e. The van der Waals surface area contributed by atoms with Gasteiger partial charge < -0.3 is 5.73 Å². The third-order valence-corrected chi connectivity index (χ3v) is 3.79. The minimum atomic E-state index is -4.27. The van der Waals surface area contributed by atoms with E-state index < -0.39 is 11.7 Å². The second-order valence-corrected chi connectivity index (χ2v) is 5.67. The summed E-state index contributed by atoms with van der Waals surface area (Å²) in [5, 5.41) is 0. The minimum Gasteiger partial charge on any atom is -0.330 e. The van der Waals surface area contributed by atoms with Gasteiger partial charge in [0.05, 0.1) is 5.56 Å². The van der Waals surface area contributed by atoms with E-state index in [0.29, 0.717) is 18.7 Å². The molecule has 1 aliphatic rings. The molecule has 0 amide bonds. The predicted octanol–water partition coefficient (Wildman–Crippen LogP) is 3.30. The zero-order valence-corrected chi connectivity index (χ0v) is 12.2. The summed E-state index contributed by atoms with van der Waals surface area (Å²) in [6, 6.07) is 5.55. The smallest absolute Gasteiger partial charge is 0.330 e. The quantitative estimate of drug-likeness (QED) is 0.928. The fraction of sp³-hybridized carbons (Fsp3) is 0.571. The number of hydrogen-bond acceptors (Lipinski definition) is 2. The lowest BCUT2D eigenvalue weighted by Crippen LogP contribution is -2.31. The zero-order valence-electron chi connectivity index (χ0n) is 11.4. The summed E-state index contributed by atoms with van der Waals surface area (Å²) in [4.78, 5) is 2.17. The highest BCUT2D eigenvalue weighted by atomic mass is 35.5. The van der Waals surface area contributed by atoms with Crippen LogP contribution in [0, 0.1) is 5.41 Å². The summed E-state index contributed by atoms with van der Waals surface area (Å²) in [7, 11) is 0. The maximum atomic E-state index is 12.6. The van der Waals surface area contributed by atoms with Crippen molar-refractivity contribution in [2.24, 2.45) is 11.1 Å². The largest absolute Gasteiger partial charge is 0.416 e. The summed E-state index contributed by atoms with van der Waals surface area (Å²) >= 11 is 0. The monoisotopic (exact) mass is 308 g/mol. The third kappa shape index (κ3) is 4.11. The van der Waals surface area contributed by atoms with E-state index in [0.717, 1.165) is 25.6 Å². The van der Waals surface area contributed by atoms with Gasteiger partial charge in [0.1, 0.15) is 0 Å². The molecular weight excluding hydrogens is 289 g/mol. The lowest BCUT2D eigenvalue weighted by Gasteiger charge is -2.22. The second-order valence-electron chi connectivity index (χ2n) is 5.67. The molecule has 0 aromatic heterocycles. The van der Waals surface area contributed by atoms with Gasteiger partial charge in [-0.1, -0.05) is 25.1 Å². The summed E-state index contributed by atoms with van der Waals surface area (Å²) < 4.78 is 37.9. The highest BCUT2D eigenvalue weighted by Gasteiger charge is 2.33. The number of hydrogen-bond donors (Lipinski definition) is 1. The molecule has 2 rings (SSSR count). The van der Waals surface area contributed by atoms with Crippen molar-refractivity contribution >= 4 is 12.4 Å². The Morgan fingerprint density at radius 2 is 2.05 bits per heavy atom. The van der Waals surface area contributed by atoms with Gasteiger partial charge in [-0.2, -0.15) is 13.2 Å². The summed E-state index contributed by atoms with van der Waals surface area (Å²) in [5.41, 5.74) is 5.96. The molecule has 2 N–H and O–H groups in total. The lowest BCUT2D eigenvalue weighted by molar-refractivity contribution is -0.137. The number of alkyl halides is 3. The Bertz CT molecular complexity index is 450. The number of rotatable bonds is 3. The fourth-order valence-corrected chi connectivity index (χ4v) is 2.53. The number of likely N-dealkylation sites (tertiary alicyclic amines) is 1. The molecule has 0 radical (unpaired) electrons. The van der Waals surface area contributed by atoms with Gasteiger partial charge in [0.15, 0.2) is 0 Å². The van der Waals surface area contributed by atoms with E-state index in [2.05, 4.69) is 11.8 Å². The van der Waals surface area contributed by atoms with Crippen LogP contribution in [-0.2, 0) is 12.7 Å². The van der Waals surface area contributed by atoms with Crippen LogP contribution < -0.4 is 5.73 Å². The molecule has 0 bridgehead atoms. The van der Waals surface area contributed by atoms with Gasteiger partial charge in [-0.3, -0.25) is 4.90 Å². The summed E-state index contributed by atoms with van der Waals surface area (Å²) in [5.74, 6) is 0. The highest BCUT2D eigenvalue weighted by molar-refractivity contribution is 5.85. The van der Waals surface area contributed by atoms with Gasteiger partial charge in [0.25, 0.3) is 0 Å². The molecule has 1 aromatic carbocycles. The number of nitrogens with zero attached hydrogens (tertiary/aromatic N) is 1. The van der Waals surface area contributed by atoms with Gasteiger partial charge >= 0.3 is 6.18 Å². The molecule has 1 fully saturated rings. The van der Waals surface area contributed by atoms with Crippen LogP contribution in [0.25, 0.3) is 0 Å². The van der Waals surface area contributed by atoms with Crippen molar-refractivity contribution in [3.05, 3.63) is 35.4 Å². The zero-order chi connectivity index (χ0) is 14.1. The molecule has 0 saturated carbocycles. The van der Waals surface area contributed by atoms with Gasteiger partial charge in [-0.25, -0.2) is 0 Å². The van der Waals surface area contributed by atoms with E-state index in [1.165, 1.54) is 12.1 Å². The van der Waals surface area contributed by atoms with Crippen LogP contribution >= 0.6 is 12.4 Å². The van der Waals surface area contributed by atoms with Gasteiger partial charge in [-0.15, -0.1) is 12.4 Å². The first-order valence-corrected chi connectivity index (χ1v) is 6.41. The van der Waals surface area contributed by atoms with Crippen LogP contribution in [0.2, 0.25) is 0 Å². The second kappa shape index (κ2) is 6.33. The Hall–Kier alpha value is -0.780. The minimum absolute atomic E-state index is 0. The van der Waals surface area contributed by atoms with Crippen LogP contribution in [0.15, 0.2) is 24.3 Å². The molecule has 1 aromatic rings. The lowest BCUT2D eigenvalue weighted by atomic mass is 9.90. The SMILES string of the molecule is CC1(CN)CCN(Cc2cccc(C(F)(F)F)c2)C1.Cl. The van der Waals surface area contributed by atoms with E-state index in [4.69, 9.17) is 5.73 Å². The molecular formula is C14H20ClF3N2. The van der Waals surface area contributed by atoms with Crippen molar-refractivity contribution in [2.75, 3.05) is 19.6 Å². The molecule has 6 heteroatoms. The molecule has 0 aliphatic carbocycles. The first kappa shape index (κ1) is 17.3. The molecule has 1 unspecified atom stereocenters. The van der Waals surface area contributed by atoms with Gasteiger partial charge in [0, 0.05) is 13.1 Å². The Morgan fingerprint density at radius 1 is 1.35 bits per heavy atom. The molecule has 1 aliphatic heterocycles. The average Bonchev–Trinajstić information content (AvgIpc) is 2.71. The molecule has 1 saturated heterocycles. The maximum absolute atomic E-state index is 12.6. The first-order valence-electron chi connectivity index (χ1n) is 6.41. The van der Waals surface area contributed by atoms with Crippen LogP contribution in [0.5, 0.6) is 0 Å². The Balaban J connectivity index is 0.00000200. The summed E-state index contributed by atoms with van der Waals surface area (Å²) in [6.07, 6.45) is -3.27. The average molecular weight is 309 g/mol. The fourth-order valence-electron chi connectivity index (χ4n) is 2.53.